The SMILES string of the molecule is C1=Cc2nc1c(-c1ccccc1)c1ccc([nH]1)c(-c1ccccn1)c1nc(c(-c3ccccc3)c3ccc(s3)c2-c2ccccn2)C=C1. The number of rotatable bonds is 4. The highest BCUT2D eigenvalue weighted by molar-refractivity contribution is 7.24. The molecule has 7 aromatic rings. The number of nitrogens with one attached hydrogen (secondary N) is 1. The van der Waals surface area contributed by atoms with Crippen LogP contribution in [-0.4, -0.2) is 24.9 Å². The van der Waals surface area contributed by atoms with Gasteiger partial charge in [0.25, 0.3) is 0 Å². The van der Waals surface area contributed by atoms with E-state index in [1.54, 1.807) is 11.3 Å². The van der Waals surface area contributed by atoms with E-state index in [2.05, 4.69) is 108 Å². The van der Waals surface area contributed by atoms with Gasteiger partial charge in [0.15, 0.2) is 0 Å². The molecule has 2 aliphatic rings. The van der Waals surface area contributed by atoms with Crippen LogP contribution in [0.5, 0.6) is 0 Å². The summed E-state index contributed by atoms with van der Waals surface area (Å²) in [5.41, 5.74) is 13.3. The van der Waals surface area contributed by atoms with Gasteiger partial charge >= 0.3 is 0 Å². The minimum Gasteiger partial charge on any atom is -0.354 e. The first-order chi connectivity index (χ1) is 23.8. The second-order valence-electron chi connectivity index (χ2n) is 11.5. The summed E-state index contributed by atoms with van der Waals surface area (Å²) in [5.74, 6) is 0. The summed E-state index contributed by atoms with van der Waals surface area (Å²) >= 11 is 1.73. The third-order valence-corrected chi connectivity index (χ3v) is 9.72. The van der Waals surface area contributed by atoms with Gasteiger partial charge in [-0.3, -0.25) is 9.97 Å². The van der Waals surface area contributed by atoms with Crippen molar-refractivity contribution < 1.29 is 0 Å². The van der Waals surface area contributed by atoms with Gasteiger partial charge in [0, 0.05) is 49.6 Å². The van der Waals surface area contributed by atoms with E-state index < -0.39 is 0 Å². The zero-order chi connectivity index (χ0) is 31.9. The van der Waals surface area contributed by atoms with Crippen LogP contribution in [0.1, 0.15) is 22.8 Å². The van der Waals surface area contributed by atoms with Crippen LogP contribution in [0.4, 0.5) is 0 Å². The molecule has 226 valence electrons. The van der Waals surface area contributed by atoms with Crippen molar-refractivity contribution in [1.82, 2.24) is 24.9 Å². The quantitative estimate of drug-likeness (QED) is 0.209. The average Bonchev–Trinajstić information content (AvgIpc) is 3.98. The second kappa shape index (κ2) is 11.8. The maximum absolute atomic E-state index is 5.32. The molecule has 5 aromatic heterocycles. The zero-order valence-corrected chi connectivity index (χ0v) is 26.5. The van der Waals surface area contributed by atoms with Crippen LogP contribution in [0.25, 0.3) is 89.5 Å². The summed E-state index contributed by atoms with van der Waals surface area (Å²) in [6, 6.07) is 41.6. The normalized spacial score (nSPS) is 12.0. The molecular weight excluding hydrogens is 607 g/mol. The highest BCUT2D eigenvalue weighted by Crippen LogP contribution is 2.40. The lowest BCUT2D eigenvalue weighted by Crippen LogP contribution is -1.90. The zero-order valence-electron chi connectivity index (χ0n) is 25.7. The first kappa shape index (κ1) is 28.0. The predicted octanol–water partition coefficient (Wildman–Crippen LogP) is 10.8. The van der Waals surface area contributed by atoms with Gasteiger partial charge in [0.1, 0.15) is 0 Å². The van der Waals surface area contributed by atoms with E-state index in [1.807, 2.05) is 54.9 Å². The summed E-state index contributed by atoms with van der Waals surface area (Å²) in [6.07, 6.45) is 12.1. The maximum atomic E-state index is 5.32. The number of H-pyrrole nitrogens is 1. The molecule has 8 bridgehead atoms. The van der Waals surface area contributed by atoms with Gasteiger partial charge in [-0.05, 0) is 84.0 Å². The minimum absolute atomic E-state index is 0.848. The van der Waals surface area contributed by atoms with E-state index in [0.717, 1.165) is 88.0 Å². The lowest BCUT2D eigenvalue weighted by molar-refractivity contribution is 1.28. The topological polar surface area (TPSA) is 67.3 Å². The molecule has 0 atom stereocenters. The van der Waals surface area contributed by atoms with E-state index in [0.29, 0.717) is 0 Å². The van der Waals surface area contributed by atoms with Crippen LogP contribution in [-0.2, 0) is 0 Å². The van der Waals surface area contributed by atoms with Gasteiger partial charge in [0.05, 0.1) is 39.7 Å². The summed E-state index contributed by atoms with van der Waals surface area (Å²) in [5, 5.41) is 0. The third kappa shape index (κ3) is 4.96. The van der Waals surface area contributed by atoms with Gasteiger partial charge in [0.2, 0.25) is 0 Å². The number of nitrogens with zero attached hydrogens (tertiary/aromatic N) is 4. The van der Waals surface area contributed by atoms with Crippen molar-refractivity contribution in [2.24, 2.45) is 0 Å². The van der Waals surface area contributed by atoms with Crippen molar-refractivity contribution in [3.63, 3.8) is 0 Å². The Labute approximate surface area is 281 Å². The number of hydrogen-bond donors (Lipinski definition) is 1. The molecule has 6 heteroatoms. The van der Waals surface area contributed by atoms with Crippen molar-refractivity contribution in [1.29, 1.82) is 0 Å². The Balaban J connectivity index is 1.49. The van der Waals surface area contributed by atoms with Crippen LogP contribution in [0, 0.1) is 0 Å². The molecular formula is C42H27N5S. The van der Waals surface area contributed by atoms with Crippen LogP contribution in [0.2, 0.25) is 0 Å². The number of pyridine rings is 2. The van der Waals surface area contributed by atoms with E-state index in [9.17, 15) is 0 Å². The van der Waals surface area contributed by atoms with Crippen LogP contribution in [0.15, 0.2) is 134 Å². The Bertz CT molecular complexity index is 2180. The Morgan fingerprint density at radius 3 is 1.44 bits per heavy atom. The van der Waals surface area contributed by atoms with E-state index in [4.69, 9.17) is 19.9 Å². The minimum atomic E-state index is 0.848. The number of fused-ring (bicyclic) bond motifs is 8. The van der Waals surface area contributed by atoms with Gasteiger partial charge in [-0.15, -0.1) is 11.3 Å². The predicted molar refractivity (Wildman–Crippen MR) is 200 cm³/mol. The lowest BCUT2D eigenvalue weighted by Gasteiger charge is -2.06. The number of benzene rings is 2. The first-order valence-electron chi connectivity index (χ1n) is 15.8. The van der Waals surface area contributed by atoms with Gasteiger partial charge in [-0.2, -0.15) is 0 Å². The molecule has 2 aromatic carbocycles. The number of thiophene rings is 1. The van der Waals surface area contributed by atoms with E-state index >= 15 is 0 Å². The van der Waals surface area contributed by atoms with Gasteiger partial charge in [-0.25, -0.2) is 9.97 Å². The molecule has 9 rings (SSSR count). The molecule has 7 heterocycles. The van der Waals surface area contributed by atoms with Crippen LogP contribution in [0.3, 0.4) is 0 Å². The van der Waals surface area contributed by atoms with Gasteiger partial charge in [-0.1, -0.05) is 72.8 Å². The first-order valence-corrected chi connectivity index (χ1v) is 16.6. The smallest absolute Gasteiger partial charge is 0.0753 e. The lowest BCUT2D eigenvalue weighted by atomic mass is 10.0. The Morgan fingerprint density at radius 1 is 0.396 bits per heavy atom. The molecule has 0 amide bonds. The maximum Gasteiger partial charge on any atom is 0.0753 e. The molecule has 0 aliphatic carbocycles. The summed E-state index contributed by atoms with van der Waals surface area (Å²) in [4.78, 5) is 24.0. The van der Waals surface area contributed by atoms with Crippen LogP contribution < -0.4 is 0 Å². The van der Waals surface area contributed by atoms with Gasteiger partial charge < -0.3 is 4.98 Å². The number of aromatic nitrogens is 5. The summed E-state index contributed by atoms with van der Waals surface area (Å²) < 4.78 is 2.20. The fourth-order valence-corrected chi connectivity index (χ4v) is 7.60. The average molecular weight is 634 g/mol. The molecule has 2 aliphatic heterocycles. The van der Waals surface area contributed by atoms with Crippen LogP contribution >= 0.6 is 11.3 Å². The summed E-state index contributed by atoms with van der Waals surface area (Å²) in [7, 11) is 0. The molecule has 0 saturated heterocycles. The van der Waals surface area contributed by atoms with Crippen molar-refractivity contribution >= 4 is 56.1 Å². The number of hydrogen-bond acceptors (Lipinski definition) is 5. The fourth-order valence-electron chi connectivity index (χ4n) is 6.45. The van der Waals surface area contributed by atoms with Crippen molar-refractivity contribution in [2.75, 3.05) is 0 Å². The second-order valence-corrected chi connectivity index (χ2v) is 12.6. The molecule has 0 fully saturated rings. The summed E-state index contributed by atoms with van der Waals surface area (Å²) in [6.45, 7) is 0. The molecule has 48 heavy (non-hydrogen) atoms. The fraction of sp³-hybridized carbons (Fsp3) is 0. The molecule has 5 nitrogen and oxygen atoms in total. The van der Waals surface area contributed by atoms with Crippen molar-refractivity contribution in [2.45, 2.75) is 0 Å². The molecule has 0 radical (unpaired) electrons. The Hall–Kier alpha value is -6.24. The molecule has 0 saturated carbocycles. The molecule has 0 spiro atoms. The standard InChI is InChI=1S/C42H27N5S/c1-3-11-27(12-4-1)39-31-17-20-34(45-31)41(29-15-7-9-25-43-29)35-21-19-33(47-35)40(28-13-5-2-6-14-28)37-23-24-38(48-37)42(30-16-8-10-26-44-30)36-22-18-32(39)46-36/h1-26,45H. The van der Waals surface area contributed by atoms with E-state index in [-0.39, 0.29) is 0 Å². The number of aromatic amines is 1. The molecule has 0 unspecified atom stereocenters. The monoisotopic (exact) mass is 633 g/mol. The largest absolute Gasteiger partial charge is 0.354 e. The Morgan fingerprint density at radius 2 is 0.854 bits per heavy atom. The Kier molecular flexibility index (Phi) is 6.91. The molecule has 1 N–H and O–H groups in total. The van der Waals surface area contributed by atoms with Crippen molar-refractivity contribution in [3.05, 3.63) is 156 Å². The third-order valence-electron chi connectivity index (χ3n) is 8.59. The van der Waals surface area contributed by atoms with Crippen molar-refractivity contribution in [3.8, 4) is 44.8 Å². The van der Waals surface area contributed by atoms with E-state index in [1.165, 1.54) is 0 Å². The highest BCUT2D eigenvalue weighted by atomic mass is 32.1. The highest BCUT2D eigenvalue weighted by Gasteiger charge is 2.19.